The van der Waals surface area contributed by atoms with Gasteiger partial charge < -0.3 is 15.0 Å². The molecule has 2 N–H and O–H groups in total. The Bertz CT molecular complexity index is 428. The van der Waals surface area contributed by atoms with Gasteiger partial charge in [0.05, 0.1) is 17.2 Å². The van der Waals surface area contributed by atoms with Gasteiger partial charge in [-0.3, -0.25) is 4.79 Å². The second-order valence-corrected chi connectivity index (χ2v) is 5.58. The van der Waals surface area contributed by atoms with Crippen LogP contribution in [-0.2, 0) is 0 Å². The van der Waals surface area contributed by atoms with E-state index in [-0.39, 0.29) is 18.6 Å². The molecular formula is C14H23ClN2O2. The summed E-state index contributed by atoms with van der Waals surface area (Å²) in [5, 5.41) is 13.0. The Kier molecular flexibility index (Phi) is 5.44. The molecule has 1 amide bonds. The Labute approximate surface area is 119 Å². The molecule has 0 aromatic carbocycles. The predicted octanol–water partition coefficient (Wildman–Crippen LogP) is 3.00. The number of carbonyl (C=O) groups excluding carboxylic acids is 1. The monoisotopic (exact) mass is 286 g/mol. The maximum absolute atomic E-state index is 12.4. The first-order valence-corrected chi connectivity index (χ1v) is 7.07. The largest absolute Gasteiger partial charge is 0.394 e. The number of aliphatic hydroxyl groups is 1. The minimum absolute atomic E-state index is 0.0676. The van der Waals surface area contributed by atoms with Crippen LogP contribution in [-0.4, -0.2) is 27.7 Å². The molecule has 0 bridgehead atoms. The lowest BCUT2D eigenvalue weighted by molar-refractivity contribution is 0.0807. The van der Waals surface area contributed by atoms with Gasteiger partial charge in [-0.1, -0.05) is 25.4 Å². The minimum Gasteiger partial charge on any atom is -0.394 e. The summed E-state index contributed by atoms with van der Waals surface area (Å²) in [6.07, 6.45) is 3.11. The van der Waals surface area contributed by atoms with Crippen molar-refractivity contribution in [3.63, 3.8) is 0 Å². The Hall–Kier alpha value is -1.00. The second kappa shape index (κ2) is 6.44. The zero-order valence-corrected chi connectivity index (χ0v) is 12.8. The fourth-order valence-corrected chi connectivity index (χ4v) is 2.26. The number of hydrogen-bond donors (Lipinski definition) is 2. The summed E-state index contributed by atoms with van der Waals surface area (Å²) < 4.78 is 1.84. The lowest BCUT2D eigenvalue weighted by atomic mass is 9.93. The molecule has 0 aliphatic rings. The van der Waals surface area contributed by atoms with Crippen LogP contribution in [0.15, 0.2) is 12.3 Å². The van der Waals surface area contributed by atoms with Crippen molar-refractivity contribution >= 4 is 17.5 Å². The first kappa shape index (κ1) is 16.1. The van der Waals surface area contributed by atoms with Crippen LogP contribution in [0.2, 0.25) is 5.02 Å². The average molecular weight is 287 g/mol. The quantitative estimate of drug-likeness (QED) is 0.845. The van der Waals surface area contributed by atoms with Crippen molar-refractivity contribution in [2.45, 2.75) is 52.1 Å². The molecule has 0 atom stereocenters. The first-order chi connectivity index (χ1) is 8.89. The van der Waals surface area contributed by atoms with Gasteiger partial charge in [-0.05, 0) is 32.8 Å². The van der Waals surface area contributed by atoms with E-state index >= 15 is 0 Å². The lowest BCUT2D eigenvalue weighted by Gasteiger charge is -2.31. The van der Waals surface area contributed by atoms with E-state index < -0.39 is 5.54 Å². The van der Waals surface area contributed by atoms with Crippen LogP contribution in [0.4, 0.5) is 0 Å². The zero-order chi connectivity index (χ0) is 14.6. The topological polar surface area (TPSA) is 54.3 Å². The van der Waals surface area contributed by atoms with Crippen molar-refractivity contribution < 1.29 is 9.90 Å². The highest BCUT2D eigenvalue weighted by Crippen LogP contribution is 2.21. The SMILES string of the molecule is CCC(CC)(CO)NC(=O)c1cc(Cl)cn1C(C)C. The van der Waals surface area contributed by atoms with Gasteiger partial charge in [-0.25, -0.2) is 0 Å². The van der Waals surface area contributed by atoms with E-state index in [9.17, 15) is 9.90 Å². The van der Waals surface area contributed by atoms with Crippen molar-refractivity contribution in [1.29, 1.82) is 0 Å². The van der Waals surface area contributed by atoms with Gasteiger partial charge in [0.2, 0.25) is 0 Å². The lowest BCUT2D eigenvalue weighted by Crippen LogP contribution is -2.50. The van der Waals surface area contributed by atoms with E-state index in [1.54, 1.807) is 12.3 Å². The molecule has 0 spiro atoms. The highest BCUT2D eigenvalue weighted by Gasteiger charge is 2.29. The highest BCUT2D eigenvalue weighted by atomic mass is 35.5. The van der Waals surface area contributed by atoms with Gasteiger partial charge >= 0.3 is 0 Å². The minimum atomic E-state index is -0.560. The van der Waals surface area contributed by atoms with Crippen LogP contribution in [0.3, 0.4) is 0 Å². The molecule has 1 aromatic heterocycles. The van der Waals surface area contributed by atoms with Gasteiger partial charge in [-0.15, -0.1) is 0 Å². The average Bonchev–Trinajstić information content (AvgIpc) is 2.78. The molecular weight excluding hydrogens is 264 g/mol. The van der Waals surface area contributed by atoms with Gasteiger partial charge in [0.1, 0.15) is 5.69 Å². The van der Waals surface area contributed by atoms with Gasteiger partial charge in [0, 0.05) is 12.2 Å². The van der Waals surface area contributed by atoms with Crippen LogP contribution in [0, 0.1) is 0 Å². The molecule has 108 valence electrons. The molecule has 0 aliphatic carbocycles. The van der Waals surface area contributed by atoms with Crippen molar-refractivity contribution in [2.75, 3.05) is 6.61 Å². The molecule has 0 fully saturated rings. The van der Waals surface area contributed by atoms with Gasteiger partial charge in [-0.2, -0.15) is 0 Å². The molecule has 1 aromatic rings. The summed E-state index contributed by atoms with van der Waals surface area (Å²) in [5.74, 6) is -0.196. The number of nitrogens with one attached hydrogen (secondary N) is 1. The molecule has 0 radical (unpaired) electrons. The molecule has 0 unspecified atom stereocenters. The zero-order valence-electron chi connectivity index (χ0n) is 12.0. The Morgan fingerprint density at radius 1 is 1.47 bits per heavy atom. The molecule has 4 nitrogen and oxygen atoms in total. The van der Waals surface area contributed by atoms with E-state index in [1.807, 2.05) is 32.3 Å². The molecule has 0 aliphatic heterocycles. The maximum Gasteiger partial charge on any atom is 0.268 e. The summed E-state index contributed by atoms with van der Waals surface area (Å²) in [6, 6.07) is 1.81. The molecule has 0 saturated heterocycles. The molecule has 19 heavy (non-hydrogen) atoms. The fraction of sp³-hybridized carbons (Fsp3) is 0.643. The second-order valence-electron chi connectivity index (χ2n) is 5.14. The van der Waals surface area contributed by atoms with E-state index in [0.717, 1.165) is 0 Å². The summed E-state index contributed by atoms with van der Waals surface area (Å²) in [6.45, 7) is 7.82. The van der Waals surface area contributed by atoms with E-state index in [1.165, 1.54) is 0 Å². The summed E-state index contributed by atoms with van der Waals surface area (Å²) in [7, 11) is 0. The summed E-state index contributed by atoms with van der Waals surface area (Å²) in [5.41, 5.74) is -0.0324. The smallest absolute Gasteiger partial charge is 0.268 e. The summed E-state index contributed by atoms with van der Waals surface area (Å²) in [4.78, 5) is 12.4. The first-order valence-electron chi connectivity index (χ1n) is 6.69. The molecule has 5 heteroatoms. The maximum atomic E-state index is 12.4. The number of rotatable bonds is 6. The summed E-state index contributed by atoms with van der Waals surface area (Å²) >= 11 is 5.98. The predicted molar refractivity (Wildman–Crippen MR) is 77.7 cm³/mol. The Balaban J connectivity index is 3.01. The molecule has 1 heterocycles. The van der Waals surface area contributed by atoms with Gasteiger partial charge in [0.15, 0.2) is 0 Å². The number of nitrogens with zero attached hydrogens (tertiary/aromatic N) is 1. The Morgan fingerprint density at radius 3 is 2.47 bits per heavy atom. The molecule has 0 saturated carbocycles. The molecule has 1 rings (SSSR count). The van der Waals surface area contributed by atoms with Crippen molar-refractivity contribution in [2.24, 2.45) is 0 Å². The number of halogens is 1. The van der Waals surface area contributed by atoms with Gasteiger partial charge in [0.25, 0.3) is 5.91 Å². The standard InChI is InChI=1S/C14H23ClN2O2/c1-5-14(6-2,9-18)16-13(19)12-7-11(15)8-17(12)10(3)4/h7-8,10,18H,5-6,9H2,1-4H3,(H,16,19). The van der Waals surface area contributed by atoms with Crippen LogP contribution >= 0.6 is 11.6 Å². The third-order valence-electron chi connectivity index (χ3n) is 3.64. The fourth-order valence-electron chi connectivity index (χ4n) is 2.05. The van der Waals surface area contributed by atoms with E-state index in [4.69, 9.17) is 11.6 Å². The number of aliphatic hydroxyl groups excluding tert-OH is 1. The van der Waals surface area contributed by atoms with E-state index in [0.29, 0.717) is 23.6 Å². The van der Waals surface area contributed by atoms with Crippen molar-refractivity contribution in [1.82, 2.24) is 9.88 Å². The number of hydrogen-bond acceptors (Lipinski definition) is 2. The van der Waals surface area contributed by atoms with Crippen LogP contribution in [0.25, 0.3) is 0 Å². The number of carbonyl (C=O) groups is 1. The van der Waals surface area contributed by atoms with Crippen LogP contribution in [0.5, 0.6) is 0 Å². The number of amides is 1. The highest BCUT2D eigenvalue weighted by molar-refractivity contribution is 6.31. The van der Waals surface area contributed by atoms with Crippen LogP contribution < -0.4 is 5.32 Å². The third-order valence-corrected chi connectivity index (χ3v) is 3.85. The number of aromatic nitrogens is 1. The van der Waals surface area contributed by atoms with E-state index in [2.05, 4.69) is 5.32 Å². The normalized spacial score (nSPS) is 11.9. The van der Waals surface area contributed by atoms with Crippen molar-refractivity contribution in [3.8, 4) is 0 Å². The van der Waals surface area contributed by atoms with Crippen molar-refractivity contribution in [3.05, 3.63) is 23.0 Å². The third kappa shape index (κ3) is 3.51. The van der Waals surface area contributed by atoms with Crippen LogP contribution in [0.1, 0.15) is 57.1 Å². The Morgan fingerprint density at radius 2 is 2.05 bits per heavy atom.